The highest BCUT2D eigenvalue weighted by Gasteiger charge is 2.37. The van der Waals surface area contributed by atoms with E-state index in [4.69, 9.17) is 21.1 Å². The molecule has 2 amide bonds. The first kappa shape index (κ1) is 22.0. The molecule has 3 rings (SSSR count). The minimum absolute atomic E-state index is 0.0663. The van der Waals surface area contributed by atoms with Crippen molar-refractivity contribution < 1.29 is 28.7 Å². The van der Waals surface area contributed by atoms with Crippen molar-refractivity contribution in [3.8, 4) is 0 Å². The zero-order valence-corrected chi connectivity index (χ0v) is 17.6. The molecule has 31 heavy (non-hydrogen) atoms. The summed E-state index contributed by atoms with van der Waals surface area (Å²) in [7, 11) is 0. The van der Waals surface area contributed by atoms with Gasteiger partial charge in [-0.1, -0.05) is 23.7 Å². The average molecular weight is 443 g/mol. The van der Waals surface area contributed by atoms with Crippen LogP contribution >= 0.6 is 11.6 Å². The molecule has 2 aromatic rings. The van der Waals surface area contributed by atoms with E-state index in [2.05, 4.69) is 5.32 Å². The van der Waals surface area contributed by atoms with Crippen LogP contribution in [0.25, 0.3) is 0 Å². The first-order valence-corrected chi connectivity index (χ1v) is 9.85. The molecular weight excluding hydrogens is 424 g/mol. The van der Waals surface area contributed by atoms with Crippen molar-refractivity contribution in [1.82, 2.24) is 0 Å². The summed E-state index contributed by atoms with van der Waals surface area (Å²) in [6.07, 6.45) is 1.11. The van der Waals surface area contributed by atoms with E-state index < -0.39 is 23.8 Å². The molecule has 1 aliphatic rings. The van der Waals surface area contributed by atoms with E-state index in [9.17, 15) is 19.2 Å². The van der Waals surface area contributed by atoms with Gasteiger partial charge in [-0.15, -0.1) is 0 Å². The molecule has 9 heteroatoms. The highest BCUT2D eigenvalue weighted by Crippen LogP contribution is 2.35. The lowest BCUT2D eigenvalue weighted by Gasteiger charge is -2.19. The first-order chi connectivity index (χ1) is 14.9. The summed E-state index contributed by atoms with van der Waals surface area (Å²) in [5, 5.41) is 3.08. The maximum Gasteiger partial charge on any atom is 0.347 e. The van der Waals surface area contributed by atoms with Crippen LogP contribution in [0.1, 0.15) is 34.6 Å². The summed E-state index contributed by atoms with van der Waals surface area (Å²) in [4.78, 5) is 51.0. The van der Waals surface area contributed by atoms with E-state index in [1.165, 1.54) is 18.2 Å². The van der Waals surface area contributed by atoms with Gasteiger partial charge in [-0.2, -0.15) is 0 Å². The number of carbonyl (C=O) groups is 4. The number of fused-ring (bicyclic) bond motifs is 1. The van der Waals surface area contributed by atoms with Crippen molar-refractivity contribution in [2.24, 2.45) is 0 Å². The van der Waals surface area contributed by atoms with Gasteiger partial charge in [0.25, 0.3) is 11.8 Å². The van der Waals surface area contributed by atoms with Crippen LogP contribution in [0.4, 0.5) is 11.4 Å². The Morgan fingerprint density at radius 2 is 1.52 bits per heavy atom. The van der Waals surface area contributed by atoms with Crippen molar-refractivity contribution in [3.63, 3.8) is 0 Å². The van der Waals surface area contributed by atoms with Gasteiger partial charge in [-0.05, 0) is 44.2 Å². The van der Waals surface area contributed by atoms with Crippen LogP contribution in [0.2, 0.25) is 5.02 Å². The van der Waals surface area contributed by atoms with Crippen molar-refractivity contribution in [2.45, 2.75) is 13.8 Å². The maximum absolute atomic E-state index is 12.9. The highest BCUT2D eigenvalue weighted by atomic mass is 35.5. The Hall–Kier alpha value is -3.65. The highest BCUT2D eigenvalue weighted by molar-refractivity contribution is 6.36. The lowest BCUT2D eigenvalue weighted by atomic mass is 10.1. The number of anilines is 2. The van der Waals surface area contributed by atoms with E-state index in [0.717, 1.165) is 11.1 Å². The predicted octanol–water partition coefficient (Wildman–Crippen LogP) is 3.56. The second kappa shape index (κ2) is 9.44. The number of amides is 2. The van der Waals surface area contributed by atoms with Crippen LogP contribution < -0.4 is 10.2 Å². The first-order valence-electron chi connectivity index (χ1n) is 9.47. The van der Waals surface area contributed by atoms with Crippen molar-refractivity contribution in [1.29, 1.82) is 0 Å². The smallest absolute Gasteiger partial charge is 0.347 e. The Labute approximate surface area is 183 Å². The summed E-state index contributed by atoms with van der Waals surface area (Å²) in [6, 6.07) is 10.9. The number of halogens is 1. The third kappa shape index (κ3) is 4.44. The fraction of sp³-hybridized carbons (Fsp3) is 0.182. The molecule has 160 valence electrons. The second-order valence-corrected chi connectivity index (χ2v) is 6.73. The number of nitrogens with one attached hydrogen (secondary N) is 1. The molecule has 8 nitrogen and oxygen atoms in total. The zero-order valence-electron chi connectivity index (χ0n) is 16.8. The number of imide groups is 1. The van der Waals surface area contributed by atoms with Crippen molar-refractivity contribution >= 4 is 46.7 Å². The molecular formula is C22H19ClN2O6. The molecule has 0 aliphatic carbocycles. The van der Waals surface area contributed by atoms with Crippen LogP contribution in [0.15, 0.2) is 54.2 Å². The van der Waals surface area contributed by atoms with Gasteiger partial charge in [0, 0.05) is 11.2 Å². The van der Waals surface area contributed by atoms with E-state index in [-0.39, 0.29) is 46.3 Å². The Morgan fingerprint density at radius 1 is 0.968 bits per heavy atom. The second-order valence-electron chi connectivity index (χ2n) is 6.30. The number of benzene rings is 2. The Bertz CT molecular complexity index is 1040. The van der Waals surface area contributed by atoms with Crippen LogP contribution in [0, 0.1) is 0 Å². The number of nitrogens with zero attached hydrogens (tertiary/aromatic N) is 1. The van der Waals surface area contributed by atoms with E-state index in [0.29, 0.717) is 0 Å². The Kier molecular flexibility index (Phi) is 6.71. The monoisotopic (exact) mass is 442 g/mol. The minimum Gasteiger partial charge on any atom is -0.462 e. The molecule has 0 saturated heterocycles. The largest absolute Gasteiger partial charge is 0.462 e. The molecule has 2 aromatic carbocycles. The van der Waals surface area contributed by atoms with Gasteiger partial charge in [0.05, 0.1) is 35.7 Å². The molecule has 0 radical (unpaired) electrons. The number of carbonyl (C=O) groups excluding carboxylic acids is 4. The predicted molar refractivity (Wildman–Crippen MR) is 114 cm³/mol. The third-order valence-electron chi connectivity index (χ3n) is 4.36. The van der Waals surface area contributed by atoms with Crippen molar-refractivity contribution in [3.05, 3.63) is 70.4 Å². The van der Waals surface area contributed by atoms with Crippen LogP contribution in [-0.2, 0) is 19.1 Å². The summed E-state index contributed by atoms with van der Waals surface area (Å²) < 4.78 is 9.80. The quantitative estimate of drug-likeness (QED) is 0.230. The molecule has 0 unspecified atom stereocenters. The summed E-state index contributed by atoms with van der Waals surface area (Å²) >= 11 is 6.11. The normalized spacial score (nSPS) is 12.3. The molecule has 1 N–H and O–H groups in total. The van der Waals surface area contributed by atoms with Gasteiger partial charge in [-0.3, -0.25) is 9.59 Å². The number of esters is 2. The lowest BCUT2D eigenvalue weighted by Crippen LogP contribution is -2.30. The van der Waals surface area contributed by atoms with Gasteiger partial charge in [0.1, 0.15) is 0 Å². The molecule has 0 aromatic heterocycles. The third-order valence-corrected chi connectivity index (χ3v) is 4.59. The van der Waals surface area contributed by atoms with Crippen LogP contribution in [0.3, 0.4) is 0 Å². The van der Waals surface area contributed by atoms with Gasteiger partial charge < -0.3 is 14.8 Å². The van der Waals surface area contributed by atoms with Gasteiger partial charge in [0.15, 0.2) is 5.57 Å². The molecule has 0 fully saturated rings. The molecule has 0 atom stereocenters. The Morgan fingerprint density at radius 3 is 2.03 bits per heavy atom. The topological polar surface area (TPSA) is 102 Å². The van der Waals surface area contributed by atoms with E-state index in [1.54, 1.807) is 38.1 Å². The molecule has 1 heterocycles. The number of hydrogen-bond acceptors (Lipinski definition) is 7. The van der Waals surface area contributed by atoms with Gasteiger partial charge in [0.2, 0.25) is 0 Å². The van der Waals surface area contributed by atoms with E-state index >= 15 is 0 Å². The zero-order chi connectivity index (χ0) is 22.5. The van der Waals surface area contributed by atoms with Gasteiger partial charge in [-0.25, -0.2) is 14.5 Å². The van der Waals surface area contributed by atoms with E-state index in [1.807, 2.05) is 0 Å². The summed E-state index contributed by atoms with van der Waals surface area (Å²) in [6.45, 7) is 3.34. The van der Waals surface area contributed by atoms with Gasteiger partial charge >= 0.3 is 11.9 Å². The average Bonchev–Trinajstić information content (AvgIpc) is 3.00. The van der Waals surface area contributed by atoms with Crippen molar-refractivity contribution in [2.75, 3.05) is 23.4 Å². The fourth-order valence-corrected chi connectivity index (χ4v) is 3.16. The minimum atomic E-state index is -0.871. The van der Waals surface area contributed by atoms with Crippen LogP contribution in [0.5, 0.6) is 0 Å². The molecule has 0 spiro atoms. The maximum atomic E-state index is 12.9. The lowest BCUT2D eigenvalue weighted by molar-refractivity contribution is -0.146. The fourth-order valence-electron chi connectivity index (χ4n) is 2.99. The number of ether oxygens (including phenoxy) is 2. The summed E-state index contributed by atoms with van der Waals surface area (Å²) in [5.41, 5.74) is 0.611. The molecule has 1 aliphatic heterocycles. The number of hydrogen-bond donors (Lipinski definition) is 1. The Balaban J connectivity index is 2.00. The summed E-state index contributed by atoms with van der Waals surface area (Å²) in [5.74, 6) is -2.76. The van der Waals surface area contributed by atoms with Crippen LogP contribution in [-0.4, -0.2) is 37.0 Å². The standard InChI is InChI=1S/C22H19ClN2O6/c1-3-30-21(28)16(22(29)31-4-2)12-24-17-10-9-13(23)11-18(17)25-19(26)14-7-5-6-8-15(14)20(25)27/h5-12,24H,3-4H2,1-2H3. The SMILES string of the molecule is CCOC(=O)C(=CNc1ccc(Cl)cc1N1C(=O)c2ccccc2C1=O)C(=O)OCC. The molecule has 0 saturated carbocycles. The number of rotatable bonds is 7. The molecule has 0 bridgehead atoms.